The molecule has 3 aliphatic rings. The molecule has 0 fully saturated rings. The fraction of sp³-hybridized carbons (Fsp3) is 0.500. The van der Waals surface area contributed by atoms with Crippen LogP contribution in [0.4, 0.5) is 9.80 Å². The predicted molar refractivity (Wildman–Crippen MR) is 131 cm³/mol. The largest absolute Gasteiger partial charge is 0.472 e. The van der Waals surface area contributed by atoms with Gasteiger partial charge in [-0.15, -0.1) is 23.1 Å². The van der Waals surface area contributed by atoms with Gasteiger partial charge < -0.3 is 19.8 Å². The quantitative estimate of drug-likeness (QED) is 0.504. The van der Waals surface area contributed by atoms with E-state index in [9.17, 15) is 9.59 Å². The second-order valence-electron chi connectivity index (χ2n) is 8.55. The summed E-state index contributed by atoms with van der Waals surface area (Å²) in [6.07, 6.45) is 8.49. The molecule has 4 heterocycles. The van der Waals surface area contributed by atoms with Gasteiger partial charge in [-0.3, -0.25) is 5.32 Å². The molecular weight excluding hydrogens is 458 g/mol. The van der Waals surface area contributed by atoms with Gasteiger partial charge in [-0.25, -0.2) is 9.59 Å². The average Bonchev–Trinajstić information content (AvgIpc) is 3.54. The van der Waals surface area contributed by atoms with Gasteiger partial charge in [0.05, 0.1) is 24.7 Å². The maximum Gasteiger partial charge on any atom is 0.341 e. The number of anilines is 1. The Bertz CT molecular complexity index is 1060. The summed E-state index contributed by atoms with van der Waals surface area (Å²) < 4.78 is 10.6. The van der Waals surface area contributed by atoms with Crippen LogP contribution in [0.1, 0.15) is 57.8 Å². The molecule has 2 unspecified atom stereocenters. The van der Waals surface area contributed by atoms with E-state index in [0.717, 1.165) is 56.3 Å². The van der Waals surface area contributed by atoms with Crippen molar-refractivity contribution in [2.45, 2.75) is 44.3 Å². The summed E-state index contributed by atoms with van der Waals surface area (Å²) >= 11 is 3.38. The zero-order valence-corrected chi connectivity index (χ0v) is 20.3. The minimum absolute atomic E-state index is 0.219. The molecule has 176 valence electrons. The number of esters is 1. The van der Waals surface area contributed by atoms with Crippen LogP contribution in [0.2, 0.25) is 0 Å². The van der Waals surface area contributed by atoms with Gasteiger partial charge in [0.15, 0.2) is 0 Å². The number of carbonyl (C=O) groups excluding carboxylic acids is 2. The molecule has 0 saturated heterocycles. The Balaban J connectivity index is 1.31. The molecule has 2 aromatic rings. The van der Waals surface area contributed by atoms with E-state index in [1.54, 1.807) is 19.5 Å². The molecule has 5 rings (SSSR count). The van der Waals surface area contributed by atoms with Gasteiger partial charge in [-0.05, 0) is 62.1 Å². The standard InChI is InChI=1S/C24H29N3O4S2/c1-2-31-23(28)20-16-5-3-4-6-18(16)33-22(20)27-24(29)26-11-17-15-7-9-25-12-19(15)32-21(17)14-8-10-30-13-14/h8,10,13,17,21,25H,2-7,9,11-12H2,1H3,(H2,26,27,29). The molecule has 0 bridgehead atoms. The van der Waals surface area contributed by atoms with Crippen molar-refractivity contribution in [2.75, 3.05) is 31.6 Å². The lowest BCUT2D eigenvalue weighted by Gasteiger charge is -2.23. The third-order valence-electron chi connectivity index (χ3n) is 6.53. The fourth-order valence-electron chi connectivity index (χ4n) is 5.00. The second-order valence-corrected chi connectivity index (χ2v) is 10.9. The second kappa shape index (κ2) is 9.95. The van der Waals surface area contributed by atoms with E-state index in [1.807, 2.05) is 17.8 Å². The summed E-state index contributed by atoms with van der Waals surface area (Å²) in [5, 5.41) is 10.3. The van der Waals surface area contributed by atoms with Gasteiger partial charge in [0, 0.05) is 34.7 Å². The smallest absolute Gasteiger partial charge is 0.341 e. The first kappa shape index (κ1) is 22.6. The van der Waals surface area contributed by atoms with E-state index < -0.39 is 0 Å². The molecule has 0 saturated carbocycles. The number of thioether (sulfide) groups is 1. The Morgan fingerprint density at radius 1 is 1.27 bits per heavy atom. The first-order valence-electron chi connectivity index (χ1n) is 11.6. The third-order valence-corrected chi connectivity index (χ3v) is 9.28. The molecule has 9 heteroatoms. The van der Waals surface area contributed by atoms with E-state index in [4.69, 9.17) is 9.15 Å². The summed E-state index contributed by atoms with van der Waals surface area (Å²) in [7, 11) is 0. The zero-order valence-electron chi connectivity index (χ0n) is 18.7. The highest BCUT2D eigenvalue weighted by atomic mass is 32.2. The zero-order chi connectivity index (χ0) is 22.8. The summed E-state index contributed by atoms with van der Waals surface area (Å²) in [5.74, 6) is -0.125. The number of aryl methyl sites for hydroxylation is 1. The lowest BCUT2D eigenvalue weighted by Crippen LogP contribution is -2.35. The minimum atomic E-state index is -0.344. The van der Waals surface area contributed by atoms with Crippen LogP contribution in [-0.4, -0.2) is 38.2 Å². The van der Waals surface area contributed by atoms with E-state index in [1.165, 1.54) is 26.7 Å². The average molecular weight is 488 g/mol. The van der Waals surface area contributed by atoms with Gasteiger partial charge in [0.2, 0.25) is 0 Å². The van der Waals surface area contributed by atoms with Crippen molar-refractivity contribution in [3.05, 3.63) is 50.6 Å². The molecule has 0 aromatic carbocycles. The van der Waals surface area contributed by atoms with Crippen molar-refractivity contribution in [3.63, 3.8) is 0 Å². The van der Waals surface area contributed by atoms with Crippen molar-refractivity contribution in [1.29, 1.82) is 0 Å². The SMILES string of the molecule is CCOC(=O)c1c(NC(=O)NCC2C3=C(CNCC3)SC2c2ccoc2)sc2c1CCCC2. The molecule has 7 nitrogen and oxygen atoms in total. The molecular formula is C24H29N3O4S2. The Kier molecular flexibility index (Phi) is 6.80. The van der Waals surface area contributed by atoms with E-state index >= 15 is 0 Å². The first-order valence-corrected chi connectivity index (χ1v) is 13.3. The third kappa shape index (κ3) is 4.58. The molecule has 0 spiro atoms. The van der Waals surface area contributed by atoms with Crippen molar-refractivity contribution in [3.8, 4) is 0 Å². The number of carbonyl (C=O) groups is 2. The monoisotopic (exact) mass is 487 g/mol. The normalized spacial score (nSPS) is 22.0. The number of hydrogen-bond acceptors (Lipinski definition) is 7. The number of rotatable bonds is 6. The lowest BCUT2D eigenvalue weighted by molar-refractivity contribution is 0.0526. The summed E-state index contributed by atoms with van der Waals surface area (Å²) in [6, 6.07) is 1.73. The number of hydrogen-bond donors (Lipinski definition) is 3. The van der Waals surface area contributed by atoms with Gasteiger partial charge >= 0.3 is 12.0 Å². The topological polar surface area (TPSA) is 92.6 Å². The molecule has 33 heavy (non-hydrogen) atoms. The van der Waals surface area contributed by atoms with Crippen molar-refractivity contribution >= 4 is 40.1 Å². The molecule has 1 aliphatic carbocycles. The Labute approximate surface area is 201 Å². The van der Waals surface area contributed by atoms with Crippen LogP contribution in [0.15, 0.2) is 33.5 Å². The summed E-state index contributed by atoms with van der Waals surface area (Å²) in [5.41, 5.74) is 4.18. The highest BCUT2D eigenvalue weighted by Gasteiger charge is 2.38. The van der Waals surface area contributed by atoms with Crippen LogP contribution in [0.3, 0.4) is 0 Å². The molecule has 2 aromatic heterocycles. The number of urea groups is 1. The minimum Gasteiger partial charge on any atom is -0.472 e. The van der Waals surface area contributed by atoms with Gasteiger partial charge in [-0.2, -0.15) is 0 Å². The maximum atomic E-state index is 12.9. The van der Waals surface area contributed by atoms with Crippen LogP contribution in [-0.2, 0) is 17.6 Å². The number of nitrogens with one attached hydrogen (secondary N) is 3. The maximum absolute atomic E-state index is 12.9. The summed E-state index contributed by atoms with van der Waals surface area (Å²) in [6.45, 7) is 4.50. The number of amides is 2. The van der Waals surface area contributed by atoms with E-state index in [0.29, 0.717) is 23.7 Å². The van der Waals surface area contributed by atoms with E-state index in [2.05, 4.69) is 16.0 Å². The van der Waals surface area contributed by atoms with Crippen LogP contribution in [0.25, 0.3) is 0 Å². The van der Waals surface area contributed by atoms with Crippen LogP contribution in [0.5, 0.6) is 0 Å². The first-order chi connectivity index (χ1) is 16.2. The molecule has 2 aliphatic heterocycles. The van der Waals surface area contributed by atoms with Crippen molar-refractivity contribution in [2.24, 2.45) is 5.92 Å². The van der Waals surface area contributed by atoms with Gasteiger partial charge in [0.1, 0.15) is 5.00 Å². The number of fused-ring (bicyclic) bond motifs is 1. The number of thiophene rings is 1. The van der Waals surface area contributed by atoms with E-state index in [-0.39, 0.29) is 23.2 Å². The van der Waals surface area contributed by atoms with Crippen molar-refractivity contribution < 1.29 is 18.7 Å². The lowest BCUT2D eigenvalue weighted by atomic mass is 9.89. The Morgan fingerprint density at radius 3 is 2.97 bits per heavy atom. The molecule has 3 N–H and O–H groups in total. The van der Waals surface area contributed by atoms with Crippen LogP contribution in [0, 0.1) is 5.92 Å². The highest BCUT2D eigenvalue weighted by molar-refractivity contribution is 8.03. The van der Waals surface area contributed by atoms with Crippen LogP contribution >= 0.6 is 23.1 Å². The fourth-order valence-corrected chi connectivity index (χ4v) is 7.86. The number of furan rings is 1. The summed E-state index contributed by atoms with van der Waals surface area (Å²) in [4.78, 5) is 28.2. The van der Waals surface area contributed by atoms with Gasteiger partial charge in [0.25, 0.3) is 0 Å². The van der Waals surface area contributed by atoms with Crippen LogP contribution < -0.4 is 16.0 Å². The number of ether oxygens (including phenoxy) is 1. The molecule has 0 radical (unpaired) electrons. The predicted octanol–water partition coefficient (Wildman–Crippen LogP) is 4.87. The van der Waals surface area contributed by atoms with Crippen molar-refractivity contribution in [1.82, 2.24) is 10.6 Å². The highest BCUT2D eigenvalue weighted by Crippen LogP contribution is 2.53. The molecule has 2 atom stereocenters. The Morgan fingerprint density at radius 2 is 2.15 bits per heavy atom. The van der Waals surface area contributed by atoms with Gasteiger partial charge in [-0.1, -0.05) is 5.57 Å². The Hall–Kier alpha value is -2.23. The molecule has 2 amide bonds.